The average Bonchev–Trinajstić information content (AvgIpc) is 3.68. The molecule has 1 aliphatic carbocycles. The Hall–Kier alpha value is -3.13. The number of hydrogen-bond acceptors (Lipinski definition) is 5. The van der Waals surface area contributed by atoms with Crippen LogP contribution in [-0.2, 0) is 20.9 Å². The molecule has 7 heteroatoms. The summed E-state index contributed by atoms with van der Waals surface area (Å²) in [5.74, 6) is -0.596. The molecule has 1 heterocycles. The first-order valence-electron chi connectivity index (χ1n) is 11.8. The molecule has 0 bridgehead atoms. The second kappa shape index (κ2) is 11.1. The highest BCUT2D eigenvalue weighted by Crippen LogP contribution is 2.48. The monoisotopic (exact) mass is 477 g/mol. The lowest BCUT2D eigenvalue weighted by atomic mass is 10.0. The van der Waals surface area contributed by atoms with Crippen LogP contribution in [0.3, 0.4) is 0 Å². The van der Waals surface area contributed by atoms with Crippen LogP contribution in [0.2, 0.25) is 0 Å². The molecule has 2 N–H and O–H groups in total. The standard InChI is InChI=1S/C28H32FN3O3/c1-18(35-3)26(30)16-32(28(33)25-14-24(25)27-13-10-22(29)15-31-27)23-11-8-21(9-12-23)20-6-4-19(5-7-20)17-34-2/h4-13,15,18,24-26H,14,16-17,30H2,1-3H3/t18-,24-,25-,26-/m1/s1. The highest BCUT2D eigenvalue weighted by Gasteiger charge is 2.47. The van der Waals surface area contributed by atoms with Gasteiger partial charge in [0.25, 0.3) is 0 Å². The van der Waals surface area contributed by atoms with E-state index in [4.69, 9.17) is 15.2 Å². The summed E-state index contributed by atoms with van der Waals surface area (Å²) in [7, 11) is 3.29. The third-order valence-corrected chi connectivity index (χ3v) is 6.65. The Bertz CT molecular complexity index is 1120. The second-order valence-corrected chi connectivity index (χ2v) is 9.08. The molecule has 6 nitrogen and oxygen atoms in total. The molecule has 35 heavy (non-hydrogen) atoms. The number of ether oxygens (including phenoxy) is 2. The van der Waals surface area contributed by atoms with Gasteiger partial charge in [-0.15, -0.1) is 0 Å². The molecule has 1 aliphatic rings. The maximum atomic E-state index is 13.6. The third kappa shape index (κ3) is 5.93. The average molecular weight is 478 g/mol. The minimum absolute atomic E-state index is 0.00320. The Balaban J connectivity index is 1.54. The Labute approximate surface area is 205 Å². The molecule has 0 radical (unpaired) electrons. The molecule has 4 atom stereocenters. The summed E-state index contributed by atoms with van der Waals surface area (Å²) in [6.07, 6.45) is 1.68. The highest BCUT2D eigenvalue weighted by molar-refractivity contribution is 5.97. The first-order valence-corrected chi connectivity index (χ1v) is 11.8. The predicted octanol–water partition coefficient (Wildman–Crippen LogP) is 4.53. The van der Waals surface area contributed by atoms with E-state index in [0.29, 0.717) is 19.6 Å². The zero-order chi connectivity index (χ0) is 24.9. The Kier molecular flexibility index (Phi) is 7.90. The van der Waals surface area contributed by atoms with Crippen LogP contribution in [0.25, 0.3) is 11.1 Å². The minimum atomic E-state index is -0.383. The first kappa shape index (κ1) is 25.0. The van der Waals surface area contributed by atoms with Gasteiger partial charge in [-0.3, -0.25) is 9.78 Å². The van der Waals surface area contributed by atoms with E-state index in [0.717, 1.165) is 28.1 Å². The molecule has 0 unspecified atom stereocenters. The predicted molar refractivity (Wildman–Crippen MR) is 134 cm³/mol. The number of hydrogen-bond donors (Lipinski definition) is 1. The number of nitrogens with zero attached hydrogens (tertiary/aromatic N) is 2. The maximum Gasteiger partial charge on any atom is 0.230 e. The van der Waals surface area contributed by atoms with E-state index in [1.54, 1.807) is 25.2 Å². The molecule has 184 valence electrons. The van der Waals surface area contributed by atoms with Gasteiger partial charge in [0, 0.05) is 50.0 Å². The summed E-state index contributed by atoms with van der Waals surface area (Å²) in [6, 6.07) is 18.8. The fourth-order valence-corrected chi connectivity index (χ4v) is 4.25. The van der Waals surface area contributed by atoms with Crippen molar-refractivity contribution in [1.82, 2.24) is 4.98 Å². The topological polar surface area (TPSA) is 77.7 Å². The van der Waals surface area contributed by atoms with Crippen molar-refractivity contribution < 1.29 is 18.7 Å². The number of pyridine rings is 1. The second-order valence-electron chi connectivity index (χ2n) is 9.08. The van der Waals surface area contributed by atoms with Crippen LogP contribution in [0.1, 0.15) is 30.5 Å². The molecule has 3 aromatic rings. The molecule has 1 fully saturated rings. The van der Waals surface area contributed by atoms with Gasteiger partial charge in [0.05, 0.1) is 18.9 Å². The van der Waals surface area contributed by atoms with Crippen LogP contribution in [0.5, 0.6) is 0 Å². The molecule has 0 aliphatic heterocycles. The molecular formula is C28H32FN3O3. The van der Waals surface area contributed by atoms with Crippen LogP contribution in [0.15, 0.2) is 66.9 Å². The third-order valence-electron chi connectivity index (χ3n) is 6.65. The van der Waals surface area contributed by atoms with Crippen molar-refractivity contribution >= 4 is 11.6 Å². The van der Waals surface area contributed by atoms with Crippen LogP contribution in [0.4, 0.5) is 10.1 Å². The van der Waals surface area contributed by atoms with E-state index in [-0.39, 0.29) is 35.7 Å². The number of amides is 1. The highest BCUT2D eigenvalue weighted by atomic mass is 19.1. The summed E-state index contributed by atoms with van der Waals surface area (Å²) in [6.45, 7) is 2.80. The van der Waals surface area contributed by atoms with Crippen LogP contribution in [0, 0.1) is 11.7 Å². The molecule has 0 spiro atoms. The van der Waals surface area contributed by atoms with Gasteiger partial charge in [-0.25, -0.2) is 4.39 Å². The van der Waals surface area contributed by atoms with Crippen molar-refractivity contribution in [3.05, 3.63) is 83.9 Å². The quantitative estimate of drug-likeness (QED) is 0.464. The Morgan fingerprint density at radius 1 is 1.09 bits per heavy atom. The zero-order valence-electron chi connectivity index (χ0n) is 20.4. The van der Waals surface area contributed by atoms with Crippen LogP contribution < -0.4 is 10.6 Å². The number of rotatable bonds is 10. The fraction of sp³-hybridized carbons (Fsp3) is 0.357. The van der Waals surface area contributed by atoms with Gasteiger partial charge >= 0.3 is 0 Å². The maximum absolute atomic E-state index is 13.6. The summed E-state index contributed by atoms with van der Waals surface area (Å²) in [4.78, 5) is 19.5. The van der Waals surface area contributed by atoms with Crippen LogP contribution >= 0.6 is 0 Å². The normalized spacial score (nSPS) is 18.7. The van der Waals surface area contributed by atoms with Gasteiger partial charge in [0.1, 0.15) is 5.82 Å². The smallest absolute Gasteiger partial charge is 0.230 e. The van der Waals surface area contributed by atoms with Crippen molar-refractivity contribution in [1.29, 1.82) is 0 Å². The number of carbonyl (C=O) groups is 1. The largest absolute Gasteiger partial charge is 0.380 e. The molecule has 1 aromatic heterocycles. The number of anilines is 1. The molecule has 1 amide bonds. The number of benzene rings is 2. The molecule has 0 saturated heterocycles. The minimum Gasteiger partial charge on any atom is -0.380 e. The number of halogens is 1. The molecule has 2 aromatic carbocycles. The van der Waals surface area contributed by atoms with Gasteiger partial charge in [-0.2, -0.15) is 0 Å². The van der Waals surface area contributed by atoms with E-state index in [1.165, 1.54) is 12.3 Å². The lowest BCUT2D eigenvalue weighted by Crippen LogP contribution is -2.47. The van der Waals surface area contributed by atoms with Crippen molar-refractivity contribution in [2.75, 3.05) is 25.7 Å². The lowest BCUT2D eigenvalue weighted by molar-refractivity contribution is -0.120. The summed E-state index contributed by atoms with van der Waals surface area (Å²) >= 11 is 0. The van der Waals surface area contributed by atoms with E-state index < -0.39 is 0 Å². The zero-order valence-corrected chi connectivity index (χ0v) is 20.4. The van der Waals surface area contributed by atoms with Gasteiger partial charge in [0.2, 0.25) is 5.91 Å². The van der Waals surface area contributed by atoms with Gasteiger partial charge < -0.3 is 20.1 Å². The van der Waals surface area contributed by atoms with E-state index in [1.807, 2.05) is 43.3 Å². The number of nitrogens with two attached hydrogens (primary N) is 1. The van der Waals surface area contributed by atoms with Gasteiger partial charge in [-0.05, 0) is 54.3 Å². The number of carbonyl (C=O) groups excluding carboxylic acids is 1. The molecule has 1 saturated carbocycles. The summed E-state index contributed by atoms with van der Waals surface area (Å²) < 4.78 is 23.8. The molecule has 4 rings (SSSR count). The molecular weight excluding hydrogens is 445 g/mol. The van der Waals surface area contributed by atoms with Crippen molar-refractivity contribution in [3.63, 3.8) is 0 Å². The number of methoxy groups -OCH3 is 2. The lowest BCUT2D eigenvalue weighted by Gasteiger charge is -2.29. The van der Waals surface area contributed by atoms with E-state index in [9.17, 15) is 9.18 Å². The van der Waals surface area contributed by atoms with E-state index >= 15 is 0 Å². The Morgan fingerprint density at radius 3 is 2.31 bits per heavy atom. The van der Waals surface area contributed by atoms with Crippen molar-refractivity contribution in [3.8, 4) is 11.1 Å². The van der Waals surface area contributed by atoms with Crippen LogP contribution in [-0.4, -0.2) is 43.8 Å². The number of aromatic nitrogens is 1. The summed E-state index contributed by atoms with van der Waals surface area (Å²) in [5, 5.41) is 0. The van der Waals surface area contributed by atoms with Crippen molar-refractivity contribution in [2.24, 2.45) is 11.7 Å². The van der Waals surface area contributed by atoms with Gasteiger partial charge in [0.15, 0.2) is 0 Å². The fourth-order valence-electron chi connectivity index (χ4n) is 4.25. The summed E-state index contributed by atoms with van der Waals surface area (Å²) in [5.41, 5.74) is 11.1. The SMILES string of the molecule is COCc1ccc(-c2ccc(N(C[C@@H](N)[C@@H](C)OC)C(=O)[C@@H]3C[C@H]3c3ccc(F)cn3)cc2)cc1. The first-order chi connectivity index (χ1) is 16.9. The van der Waals surface area contributed by atoms with Gasteiger partial charge in [-0.1, -0.05) is 36.4 Å². The van der Waals surface area contributed by atoms with Crippen molar-refractivity contribution in [2.45, 2.75) is 38.0 Å². The van der Waals surface area contributed by atoms with E-state index in [2.05, 4.69) is 17.1 Å². The Morgan fingerprint density at radius 2 is 1.74 bits per heavy atom.